The van der Waals surface area contributed by atoms with Crippen LogP contribution >= 0.6 is 15.9 Å². The molecular weight excluding hydrogens is 166 g/mol. The van der Waals surface area contributed by atoms with Gasteiger partial charge in [0.15, 0.2) is 0 Å². The summed E-state index contributed by atoms with van der Waals surface area (Å²) < 4.78 is 0. The second-order valence-corrected chi connectivity index (χ2v) is 3.06. The minimum absolute atomic E-state index is 0.674. The normalized spacial score (nSPS) is 11.2. The highest BCUT2D eigenvalue weighted by atomic mass is 79.9. The maximum absolute atomic E-state index is 3.38. The van der Waals surface area contributed by atoms with Crippen molar-refractivity contribution in [3.8, 4) is 0 Å². The SMILES string of the molecule is CC(C)N(C)CCBr. The van der Waals surface area contributed by atoms with Crippen molar-refractivity contribution in [3.63, 3.8) is 0 Å². The van der Waals surface area contributed by atoms with Crippen LogP contribution in [0.25, 0.3) is 0 Å². The first-order valence-corrected chi connectivity index (χ1v) is 4.07. The molecule has 50 valence electrons. The molecule has 0 fully saturated rings. The summed E-state index contributed by atoms with van der Waals surface area (Å²) in [5, 5.41) is 1.07. The molecule has 2 heteroatoms. The van der Waals surface area contributed by atoms with Gasteiger partial charge in [0.2, 0.25) is 0 Å². The van der Waals surface area contributed by atoms with Crippen LogP contribution in [-0.2, 0) is 0 Å². The van der Waals surface area contributed by atoms with Gasteiger partial charge in [0, 0.05) is 17.9 Å². The molecule has 0 aliphatic carbocycles. The van der Waals surface area contributed by atoms with Gasteiger partial charge in [-0.15, -0.1) is 0 Å². The Morgan fingerprint density at radius 3 is 2.12 bits per heavy atom. The van der Waals surface area contributed by atoms with Crippen LogP contribution in [0, 0.1) is 0 Å². The van der Waals surface area contributed by atoms with Crippen molar-refractivity contribution in [3.05, 3.63) is 0 Å². The van der Waals surface area contributed by atoms with E-state index in [1.807, 2.05) is 0 Å². The van der Waals surface area contributed by atoms with Crippen LogP contribution in [-0.4, -0.2) is 29.9 Å². The lowest BCUT2D eigenvalue weighted by atomic mass is 10.3. The zero-order valence-electron chi connectivity index (χ0n) is 5.82. The van der Waals surface area contributed by atoms with E-state index in [0.717, 1.165) is 11.9 Å². The molecular formula is C6H14BrN. The van der Waals surface area contributed by atoms with Gasteiger partial charge in [-0.1, -0.05) is 15.9 Å². The number of rotatable bonds is 3. The van der Waals surface area contributed by atoms with Crippen LogP contribution < -0.4 is 0 Å². The van der Waals surface area contributed by atoms with Gasteiger partial charge < -0.3 is 4.90 Å². The summed E-state index contributed by atoms with van der Waals surface area (Å²) in [4.78, 5) is 2.30. The predicted molar refractivity (Wildman–Crippen MR) is 41.6 cm³/mol. The van der Waals surface area contributed by atoms with Crippen LogP contribution in [0.15, 0.2) is 0 Å². The second-order valence-electron chi connectivity index (χ2n) is 2.26. The third-order valence-corrected chi connectivity index (χ3v) is 1.67. The third kappa shape index (κ3) is 3.44. The Balaban J connectivity index is 3.17. The lowest BCUT2D eigenvalue weighted by Gasteiger charge is -2.18. The molecule has 8 heavy (non-hydrogen) atoms. The Bertz CT molecular complexity index is 54.5. The zero-order chi connectivity index (χ0) is 6.57. The van der Waals surface area contributed by atoms with Crippen molar-refractivity contribution >= 4 is 15.9 Å². The van der Waals surface area contributed by atoms with Gasteiger partial charge in [-0.2, -0.15) is 0 Å². The number of hydrogen-bond acceptors (Lipinski definition) is 1. The minimum atomic E-state index is 0.674. The van der Waals surface area contributed by atoms with Crippen molar-refractivity contribution in [1.29, 1.82) is 0 Å². The molecule has 0 N–H and O–H groups in total. The zero-order valence-corrected chi connectivity index (χ0v) is 7.40. The highest BCUT2D eigenvalue weighted by molar-refractivity contribution is 9.09. The van der Waals surface area contributed by atoms with E-state index in [1.165, 1.54) is 0 Å². The predicted octanol–water partition coefficient (Wildman–Crippen LogP) is 1.72. The molecule has 0 saturated heterocycles. The smallest absolute Gasteiger partial charge is 0.0159 e. The Morgan fingerprint density at radius 1 is 1.50 bits per heavy atom. The van der Waals surface area contributed by atoms with E-state index in [1.54, 1.807) is 0 Å². The van der Waals surface area contributed by atoms with Crippen LogP contribution in [0.1, 0.15) is 13.8 Å². The molecule has 0 aromatic carbocycles. The van der Waals surface area contributed by atoms with Crippen LogP contribution in [0.4, 0.5) is 0 Å². The molecule has 0 spiro atoms. The Labute approximate surface area is 60.2 Å². The molecule has 0 aromatic heterocycles. The molecule has 0 saturated carbocycles. The summed E-state index contributed by atoms with van der Waals surface area (Å²) in [6, 6.07) is 0.674. The maximum atomic E-state index is 3.38. The first-order valence-electron chi connectivity index (χ1n) is 2.94. The standard InChI is InChI=1S/C6H14BrN/c1-6(2)8(3)5-4-7/h6H,4-5H2,1-3H3. The lowest BCUT2D eigenvalue weighted by Crippen LogP contribution is -2.27. The van der Waals surface area contributed by atoms with Crippen LogP contribution in [0.5, 0.6) is 0 Å². The van der Waals surface area contributed by atoms with Gasteiger partial charge in [0.05, 0.1) is 0 Å². The fourth-order valence-corrected chi connectivity index (χ4v) is 0.951. The molecule has 0 unspecified atom stereocenters. The van der Waals surface area contributed by atoms with E-state index in [4.69, 9.17) is 0 Å². The van der Waals surface area contributed by atoms with Gasteiger partial charge in [-0.05, 0) is 20.9 Å². The van der Waals surface area contributed by atoms with Crippen molar-refractivity contribution in [2.24, 2.45) is 0 Å². The first-order chi connectivity index (χ1) is 3.68. The third-order valence-electron chi connectivity index (χ3n) is 1.32. The molecule has 0 atom stereocenters. The molecule has 0 rings (SSSR count). The molecule has 0 radical (unpaired) electrons. The Kier molecular flexibility index (Phi) is 4.57. The fraction of sp³-hybridized carbons (Fsp3) is 1.00. The monoisotopic (exact) mass is 179 g/mol. The molecule has 0 aliphatic rings. The molecule has 0 bridgehead atoms. The summed E-state index contributed by atoms with van der Waals surface area (Å²) >= 11 is 3.38. The molecule has 0 amide bonds. The van der Waals surface area contributed by atoms with Gasteiger partial charge >= 0.3 is 0 Å². The van der Waals surface area contributed by atoms with Crippen molar-refractivity contribution in [1.82, 2.24) is 4.90 Å². The number of hydrogen-bond donors (Lipinski definition) is 0. The number of nitrogens with zero attached hydrogens (tertiary/aromatic N) is 1. The van der Waals surface area contributed by atoms with E-state index in [9.17, 15) is 0 Å². The molecule has 0 heterocycles. The van der Waals surface area contributed by atoms with Gasteiger partial charge in [-0.25, -0.2) is 0 Å². The summed E-state index contributed by atoms with van der Waals surface area (Å²) in [6.45, 7) is 5.53. The average Bonchev–Trinajstić information content (AvgIpc) is 1.67. The topological polar surface area (TPSA) is 3.24 Å². The second kappa shape index (κ2) is 4.33. The highest BCUT2D eigenvalue weighted by Crippen LogP contribution is 1.93. The van der Waals surface area contributed by atoms with E-state index in [-0.39, 0.29) is 0 Å². The molecule has 1 nitrogen and oxygen atoms in total. The lowest BCUT2D eigenvalue weighted by molar-refractivity contribution is 0.292. The summed E-state index contributed by atoms with van der Waals surface area (Å²) in [7, 11) is 2.13. The first kappa shape index (κ1) is 8.44. The van der Waals surface area contributed by atoms with Crippen LogP contribution in [0.2, 0.25) is 0 Å². The minimum Gasteiger partial charge on any atom is -0.303 e. The van der Waals surface area contributed by atoms with E-state index < -0.39 is 0 Å². The Morgan fingerprint density at radius 2 is 2.00 bits per heavy atom. The summed E-state index contributed by atoms with van der Waals surface area (Å²) in [5.41, 5.74) is 0. The van der Waals surface area contributed by atoms with E-state index in [0.29, 0.717) is 6.04 Å². The number of halogens is 1. The summed E-state index contributed by atoms with van der Waals surface area (Å²) in [5.74, 6) is 0. The largest absolute Gasteiger partial charge is 0.303 e. The van der Waals surface area contributed by atoms with Gasteiger partial charge in [-0.3, -0.25) is 0 Å². The summed E-state index contributed by atoms with van der Waals surface area (Å²) in [6.07, 6.45) is 0. The molecule has 0 aromatic rings. The van der Waals surface area contributed by atoms with Crippen molar-refractivity contribution in [2.75, 3.05) is 18.9 Å². The molecule has 0 aliphatic heterocycles. The van der Waals surface area contributed by atoms with E-state index in [2.05, 4.69) is 41.7 Å². The average molecular weight is 180 g/mol. The van der Waals surface area contributed by atoms with Gasteiger partial charge in [0.25, 0.3) is 0 Å². The van der Waals surface area contributed by atoms with Crippen molar-refractivity contribution < 1.29 is 0 Å². The van der Waals surface area contributed by atoms with Crippen LogP contribution in [0.3, 0.4) is 0 Å². The van der Waals surface area contributed by atoms with E-state index >= 15 is 0 Å². The quantitative estimate of drug-likeness (QED) is 0.597. The van der Waals surface area contributed by atoms with Gasteiger partial charge in [0.1, 0.15) is 0 Å². The van der Waals surface area contributed by atoms with Crippen molar-refractivity contribution in [2.45, 2.75) is 19.9 Å². The maximum Gasteiger partial charge on any atom is 0.0159 e. The fourth-order valence-electron chi connectivity index (χ4n) is 0.392. The highest BCUT2D eigenvalue weighted by Gasteiger charge is 1.98. The Hall–Kier alpha value is 0.440. The number of alkyl halides is 1.